The molecule has 1 aromatic rings. The molecule has 0 saturated carbocycles. The van der Waals surface area contributed by atoms with E-state index in [2.05, 4.69) is 0 Å². The van der Waals surface area contributed by atoms with E-state index in [1.165, 1.54) is 0 Å². The minimum atomic E-state index is 0.634. The molecule has 0 atom stereocenters. The molecule has 0 aliphatic carbocycles. The lowest BCUT2D eigenvalue weighted by Crippen LogP contribution is -1.84. The summed E-state index contributed by atoms with van der Waals surface area (Å²) in [6.45, 7) is 5.87. The predicted molar refractivity (Wildman–Crippen MR) is 59.1 cm³/mol. The van der Waals surface area contributed by atoms with Gasteiger partial charge >= 0.3 is 0 Å². The molecule has 0 saturated heterocycles. The molecule has 0 fully saturated rings. The summed E-state index contributed by atoms with van der Waals surface area (Å²) < 4.78 is 4.96. The molecular formula is C10H14Cl2O. The molecule has 0 aliphatic rings. The van der Waals surface area contributed by atoms with E-state index in [0.717, 1.165) is 5.56 Å². The van der Waals surface area contributed by atoms with Crippen LogP contribution in [0.4, 0.5) is 0 Å². The van der Waals surface area contributed by atoms with E-state index in [-0.39, 0.29) is 0 Å². The largest absolute Gasteiger partial charge is 0.497 e. The molecule has 1 rings (SSSR count). The van der Waals surface area contributed by atoms with Gasteiger partial charge in [0.15, 0.2) is 0 Å². The van der Waals surface area contributed by atoms with Crippen LogP contribution in [0.3, 0.4) is 0 Å². The van der Waals surface area contributed by atoms with E-state index in [1.807, 2.05) is 20.8 Å². The maximum absolute atomic E-state index is 5.83. The second-order valence-electron chi connectivity index (χ2n) is 2.22. The molecule has 1 aromatic carbocycles. The van der Waals surface area contributed by atoms with Gasteiger partial charge in [-0.1, -0.05) is 37.0 Å². The van der Waals surface area contributed by atoms with Crippen LogP contribution in [-0.4, -0.2) is 7.11 Å². The Morgan fingerprint density at radius 1 is 1.08 bits per heavy atom. The Labute approximate surface area is 89.6 Å². The van der Waals surface area contributed by atoms with Gasteiger partial charge in [-0.15, -0.1) is 0 Å². The van der Waals surface area contributed by atoms with E-state index >= 15 is 0 Å². The number of halogens is 2. The minimum Gasteiger partial charge on any atom is -0.497 e. The summed E-state index contributed by atoms with van der Waals surface area (Å²) in [5.41, 5.74) is 0.883. The first-order chi connectivity index (χ1) is 6.15. The third-order valence-electron chi connectivity index (χ3n) is 1.49. The van der Waals surface area contributed by atoms with Gasteiger partial charge in [0.1, 0.15) is 5.75 Å². The summed E-state index contributed by atoms with van der Waals surface area (Å²) in [7, 11) is 1.58. The fourth-order valence-corrected chi connectivity index (χ4v) is 1.21. The molecule has 0 aliphatic heterocycles. The first-order valence-corrected chi connectivity index (χ1v) is 4.90. The summed E-state index contributed by atoms with van der Waals surface area (Å²) in [6.07, 6.45) is 0. The van der Waals surface area contributed by atoms with Crippen LogP contribution in [-0.2, 0) is 0 Å². The fourth-order valence-electron chi connectivity index (χ4n) is 0.740. The van der Waals surface area contributed by atoms with E-state index in [1.54, 1.807) is 19.2 Å². The van der Waals surface area contributed by atoms with Crippen molar-refractivity contribution < 1.29 is 4.74 Å². The monoisotopic (exact) mass is 220 g/mol. The lowest BCUT2D eigenvalue weighted by atomic mass is 10.2. The highest BCUT2D eigenvalue weighted by Gasteiger charge is 2.02. The van der Waals surface area contributed by atoms with Gasteiger partial charge in [0.25, 0.3) is 0 Å². The first-order valence-electron chi connectivity index (χ1n) is 4.15. The van der Waals surface area contributed by atoms with Crippen molar-refractivity contribution in [3.05, 3.63) is 27.7 Å². The highest BCUT2D eigenvalue weighted by Crippen LogP contribution is 2.28. The molecule has 0 spiro atoms. The second-order valence-corrected chi connectivity index (χ2v) is 3.03. The molecule has 0 unspecified atom stereocenters. The zero-order valence-corrected chi connectivity index (χ0v) is 9.83. The van der Waals surface area contributed by atoms with Gasteiger partial charge in [0.05, 0.1) is 7.11 Å². The van der Waals surface area contributed by atoms with Crippen molar-refractivity contribution >= 4 is 23.2 Å². The van der Waals surface area contributed by atoms with E-state index in [4.69, 9.17) is 27.9 Å². The van der Waals surface area contributed by atoms with Crippen molar-refractivity contribution in [2.24, 2.45) is 0 Å². The van der Waals surface area contributed by atoms with Crippen molar-refractivity contribution in [2.75, 3.05) is 7.11 Å². The van der Waals surface area contributed by atoms with Crippen LogP contribution < -0.4 is 4.74 Å². The smallest absolute Gasteiger partial charge is 0.121 e. The van der Waals surface area contributed by atoms with Gasteiger partial charge in [-0.05, 0) is 24.6 Å². The van der Waals surface area contributed by atoms with Crippen molar-refractivity contribution in [3.63, 3.8) is 0 Å². The van der Waals surface area contributed by atoms with E-state index in [0.29, 0.717) is 15.8 Å². The summed E-state index contributed by atoms with van der Waals surface area (Å²) in [5.74, 6) is 0.686. The lowest BCUT2D eigenvalue weighted by molar-refractivity contribution is 0.415. The minimum absolute atomic E-state index is 0.634. The van der Waals surface area contributed by atoms with Crippen molar-refractivity contribution in [1.82, 2.24) is 0 Å². The van der Waals surface area contributed by atoms with Crippen LogP contribution >= 0.6 is 23.2 Å². The SMILES string of the molecule is CC.COc1cc(Cl)c(C)c(Cl)c1. The Hall–Kier alpha value is -0.400. The molecular weight excluding hydrogens is 207 g/mol. The van der Waals surface area contributed by atoms with Crippen LogP contribution in [0.5, 0.6) is 5.75 Å². The first kappa shape index (κ1) is 12.6. The number of methoxy groups -OCH3 is 1. The highest BCUT2D eigenvalue weighted by molar-refractivity contribution is 6.36. The standard InChI is InChI=1S/C8H8Cl2O.C2H6/c1-5-7(9)3-6(11-2)4-8(5)10;1-2/h3-4H,1-2H3;1-2H3. The number of hydrogen-bond donors (Lipinski definition) is 0. The van der Waals surface area contributed by atoms with Crippen LogP contribution in [0, 0.1) is 6.92 Å². The maximum atomic E-state index is 5.83. The number of hydrogen-bond acceptors (Lipinski definition) is 1. The number of rotatable bonds is 1. The Morgan fingerprint density at radius 3 is 1.77 bits per heavy atom. The highest BCUT2D eigenvalue weighted by atomic mass is 35.5. The van der Waals surface area contributed by atoms with E-state index in [9.17, 15) is 0 Å². The Kier molecular flexibility index (Phi) is 5.93. The van der Waals surface area contributed by atoms with Gasteiger partial charge in [0.2, 0.25) is 0 Å². The van der Waals surface area contributed by atoms with Crippen LogP contribution in [0.1, 0.15) is 19.4 Å². The topological polar surface area (TPSA) is 9.23 Å². The summed E-state index contributed by atoms with van der Waals surface area (Å²) in [5, 5.41) is 1.27. The molecule has 0 heterocycles. The molecule has 0 N–H and O–H groups in total. The van der Waals surface area contributed by atoms with Gasteiger partial charge in [0, 0.05) is 10.0 Å². The van der Waals surface area contributed by atoms with Crippen LogP contribution in [0.25, 0.3) is 0 Å². The van der Waals surface area contributed by atoms with Crippen molar-refractivity contribution in [2.45, 2.75) is 20.8 Å². The fraction of sp³-hybridized carbons (Fsp3) is 0.400. The average molecular weight is 221 g/mol. The molecule has 0 radical (unpaired) electrons. The van der Waals surface area contributed by atoms with Gasteiger partial charge < -0.3 is 4.74 Å². The molecule has 3 heteroatoms. The summed E-state index contributed by atoms with van der Waals surface area (Å²) in [4.78, 5) is 0. The Bertz CT molecular complexity index is 249. The Balaban J connectivity index is 0.000000671. The number of ether oxygens (including phenoxy) is 1. The van der Waals surface area contributed by atoms with Gasteiger partial charge in [-0.2, -0.15) is 0 Å². The maximum Gasteiger partial charge on any atom is 0.121 e. The van der Waals surface area contributed by atoms with Crippen LogP contribution in [0.15, 0.2) is 12.1 Å². The quantitative estimate of drug-likeness (QED) is 0.685. The average Bonchev–Trinajstić information content (AvgIpc) is 2.16. The normalized spacial score (nSPS) is 8.77. The Morgan fingerprint density at radius 2 is 1.46 bits per heavy atom. The number of benzene rings is 1. The van der Waals surface area contributed by atoms with E-state index < -0.39 is 0 Å². The molecule has 74 valence electrons. The third-order valence-corrected chi connectivity index (χ3v) is 2.28. The second kappa shape index (κ2) is 6.11. The van der Waals surface area contributed by atoms with Gasteiger partial charge in [-0.25, -0.2) is 0 Å². The lowest BCUT2D eigenvalue weighted by Gasteiger charge is -2.04. The molecule has 0 amide bonds. The van der Waals surface area contributed by atoms with Crippen molar-refractivity contribution in [1.29, 1.82) is 0 Å². The summed E-state index contributed by atoms with van der Waals surface area (Å²) in [6, 6.07) is 3.48. The van der Waals surface area contributed by atoms with Gasteiger partial charge in [-0.3, -0.25) is 0 Å². The predicted octanol–water partition coefficient (Wildman–Crippen LogP) is 4.34. The van der Waals surface area contributed by atoms with Crippen LogP contribution in [0.2, 0.25) is 10.0 Å². The zero-order valence-electron chi connectivity index (χ0n) is 8.32. The zero-order chi connectivity index (χ0) is 10.4. The molecule has 1 nitrogen and oxygen atoms in total. The third kappa shape index (κ3) is 3.45. The molecule has 0 bridgehead atoms. The van der Waals surface area contributed by atoms with Crippen molar-refractivity contribution in [3.8, 4) is 5.75 Å². The molecule has 13 heavy (non-hydrogen) atoms. The molecule has 0 aromatic heterocycles. The summed E-state index contributed by atoms with van der Waals surface area (Å²) >= 11 is 11.7.